The predicted octanol–water partition coefficient (Wildman–Crippen LogP) is 4.37. The van der Waals surface area contributed by atoms with Gasteiger partial charge in [-0.25, -0.2) is 4.79 Å². The van der Waals surface area contributed by atoms with E-state index in [1.165, 1.54) is 32.1 Å². The minimum Gasteiger partial charge on any atom is -0.463 e. The van der Waals surface area contributed by atoms with Crippen molar-refractivity contribution in [3.8, 4) is 0 Å². The van der Waals surface area contributed by atoms with Crippen LogP contribution in [0.25, 0.3) is 38.4 Å². The summed E-state index contributed by atoms with van der Waals surface area (Å²) in [5.74, 6) is -0.288. The number of hydrogen-bond acceptors (Lipinski definition) is 2. The van der Waals surface area contributed by atoms with Crippen molar-refractivity contribution in [1.29, 1.82) is 0 Å². The number of carbonyl (C=O) groups excluding carboxylic acids is 1. The van der Waals surface area contributed by atoms with E-state index in [0.29, 0.717) is 6.61 Å². The molecule has 0 N–H and O–H groups in total. The highest BCUT2D eigenvalue weighted by Gasteiger charge is 2.15. The van der Waals surface area contributed by atoms with Gasteiger partial charge in [0.15, 0.2) is 0 Å². The molecule has 2 heteroatoms. The van der Waals surface area contributed by atoms with Crippen LogP contribution in [0.2, 0.25) is 0 Å². The van der Waals surface area contributed by atoms with E-state index in [2.05, 4.69) is 54.6 Å². The van der Waals surface area contributed by atoms with Gasteiger partial charge in [0.05, 0.1) is 6.61 Å². The zero-order chi connectivity index (χ0) is 17.0. The Bertz CT molecular complexity index is 1360. The number of rotatable bonds is 2. The summed E-state index contributed by atoms with van der Waals surface area (Å²) in [5, 5.41) is 10.6. The molecule has 0 radical (unpaired) electrons. The Morgan fingerprint density at radius 2 is 1.48 bits per heavy atom. The summed E-state index contributed by atoms with van der Waals surface area (Å²) in [6, 6.07) is 21.1. The van der Waals surface area contributed by atoms with Crippen molar-refractivity contribution >= 4 is 44.4 Å². The number of ether oxygens (including phenoxy) is 1. The zero-order valence-corrected chi connectivity index (χ0v) is 13.9. The topological polar surface area (TPSA) is 26.3 Å². The fraction of sp³-hybridized carbons (Fsp3) is 0.0870. The molecule has 0 heterocycles. The second-order valence-electron chi connectivity index (χ2n) is 6.31. The van der Waals surface area contributed by atoms with Crippen molar-refractivity contribution in [2.45, 2.75) is 6.92 Å². The number of fused-ring (bicyclic) bond motifs is 4. The molecule has 0 bridgehead atoms. The first-order chi connectivity index (χ1) is 12.3. The molecule has 3 aromatic carbocycles. The first-order valence-electron chi connectivity index (χ1n) is 8.55. The smallest absolute Gasteiger partial charge is 0.331 e. The van der Waals surface area contributed by atoms with Crippen molar-refractivity contribution in [1.82, 2.24) is 0 Å². The molecule has 0 unspecified atom stereocenters. The van der Waals surface area contributed by atoms with E-state index in [4.69, 9.17) is 4.74 Å². The van der Waals surface area contributed by atoms with Crippen LogP contribution in [0.1, 0.15) is 6.92 Å². The van der Waals surface area contributed by atoms with Gasteiger partial charge < -0.3 is 4.74 Å². The third kappa shape index (κ3) is 1.88. The lowest BCUT2D eigenvalue weighted by Crippen LogP contribution is -2.08. The van der Waals surface area contributed by atoms with E-state index < -0.39 is 0 Å². The third-order valence-electron chi connectivity index (χ3n) is 5.00. The Hall–Kier alpha value is -3.13. The maximum Gasteiger partial charge on any atom is 0.331 e. The molecule has 0 atom stereocenters. The predicted molar refractivity (Wildman–Crippen MR) is 102 cm³/mol. The number of esters is 1. The lowest BCUT2D eigenvalue weighted by molar-refractivity contribution is -0.135. The average Bonchev–Trinajstić information content (AvgIpc) is 3.12. The van der Waals surface area contributed by atoms with Crippen LogP contribution in [0.15, 0.2) is 60.7 Å². The van der Waals surface area contributed by atoms with Gasteiger partial charge in [0.2, 0.25) is 0 Å². The van der Waals surface area contributed by atoms with Gasteiger partial charge in [0.25, 0.3) is 0 Å². The van der Waals surface area contributed by atoms with Gasteiger partial charge in [-0.15, -0.1) is 0 Å². The molecule has 2 aliphatic carbocycles. The monoisotopic (exact) mass is 324 g/mol. The van der Waals surface area contributed by atoms with E-state index in [-0.39, 0.29) is 5.97 Å². The van der Waals surface area contributed by atoms with E-state index >= 15 is 0 Å². The van der Waals surface area contributed by atoms with Gasteiger partial charge in [-0.05, 0) is 54.9 Å². The van der Waals surface area contributed by atoms with Crippen LogP contribution in [0.3, 0.4) is 0 Å². The van der Waals surface area contributed by atoms with Gasteiger partial charge in [-0.1, -0.05) is 60.7 Å². The normalized spacial score (nSPS) is 12.8. The summed E-state index contributed by atoms with van der Waals surface area (Å²) >= 11 is 0. The fourth-order valence-electron chi connectivity index (χ4n) is 4.11. The fourth-order valence-corrected chi connectivity index (χ4v) is 4.11. The molecule has 120 valence electrons. The first kappa shape index (κ1) is 14.2. The van der Waals surface area contributed by atoms with E-state index in [0.717, 1.165) is 15.8 Å². The molecule has 0 aromatic heterocycles. The van der Waals surface area contributed by atoms with Crippen molar-refractivity contribution in [2.75, 3.05) is 6.61 Å². The lowest BCUT2D eigenvalue weighted by Gasteiger charge is -2.00. The molecular weight excluding hydrogens is 308 g/mol. The van der Waals surface area contributed by atoms with Crippen LogP contribution in [0.4, 0.5) is 0 Å². The molecule has 0 saturated heterocycles. The van der Waals surface area contributed by atoms with Crippen LogP contribution in [0, 0.1) is 10.4 Å². The highest BCUT2D eigenvalue weighted by molar-refractivity contribution is 6.16. The molecule has 25 heavy (non-hydrogen) atoms. The molecule has 0 spiro atoms. The summed E-state index contributed by atoms with van der Waals surface area (Å²) in [5.41, 5.74) is 0. The van der Waals surface area contributed by atoms with Gasteiger partial charge >= 0.3 is 5.97 Å². The molecule has 0 fully saturated rings. The summed E-state index contributed by atoms with van der Waals surface area (Å²) in [6.07, 6.45) is 1.65. The Morgan fingerprint density at radius 1 is 0.840 bits per heavy atom. The summed E-state index contributed by atoms with van der Waals surface area (Å²) in [6.45, 7) is 2.21. The maximum atomic E-state index is 12.2. The Kier molecular flexibility index (Phi) is 2.95. The van der Waals surface area contributed by atoms with Gasteiger partial charge in [-0.2, -0.15) is 0 Å². The molecule has 0 amide bonds. The van der Waals surface area contributed by atoms with Gasteiger partial charge in [-0.3, -0.25) is 0 Å². The minimum atomic E-state index is -0.288. The standard InChI is InChI=1S/C23H16O2/c1-2-25-20(24)13-19-15-9-3-4-10-16(15)22-17-11-5-7-14-8-6-12-18(21(14)17)23(19)22/h3-13H,2H2,1H3/b19-13-. The summed E-state index contributed by atoms with van der Waals surface area (Å²) in [7, 11) is 0. The van der Waals surface area contributed by atoms with Crippen molar-refractivity contribution < 1.29 is 9.53 Å². The summed E-state index contributed by atoms with van der Waals surface area (Å²) < 4.78 is 5.18. The van der Waals surface area contributed by atoms with E-state index in [1.54, 1.807) is 6.08 Å². The first-order valence-corrected chi connectivity index (χ1v) is 8.55. The van der Waals surface area contributed by atoms with E-state index in [9.17, 15) is 4.79 Å². The number of benzene rings is 3. The quantitative estimate of drug-likeness (QED) is 0.451. The highest BCUT2D eigenvalue weighted by Crippen LogP contribution is 2.33. The van der Waals surface area contributed by atoms with Crippen LogP contribution in [-0.4, -0.2) is 12.6 Å². The van der Waals surface area contributed by atoms with Gasteiger partial charge in [0, 0.05) is 6.08 Å². The van der Waals surface area contributed by atoms with Crippen LogP contribution < -0.4 is 5.22 Å². The Morgan fingerprint density at radius 3 is 2.20 bits per heavy atom. The number of carbonyl (C=O) groups is 1. The van der Waals surface area contributed by atoms with Crippen molar-refractivity contribution in [3.05, 3.63) is 76.3 Å². The summed E-state index contributed by atoms with van der Waals surface area (Å²) in [4.78, 5) is 12.2. The van der Waals surface area contributed by atoms with Crippen molar-refractivity contribution in [3.63, 3.8) is 0 Å². The minimum absolute atomic E-state index is 0.288. The van der Waals surface area contributed by atoms with Crippen molar-refractivity contribution in [2.24, 2.45) is 0 Å². The third-order valence-corrected chi connectivity index (χ3v) is 5.00. The highest BCUT2D eigenvalue weighted by atomic mass is 16.5. The molecule has 2 aliphatic rings. The second kappa shape index (κ2) is 5.18. The Labute approximate surface area is 144 Å². The molecule has 0 aliphatic heterocycles. The average molecular weight is 324 g/mol. The second-order valence-corrected chi connectivity index (χ2v) is 6.31. The molecule has 3 aromatic rings. The zero-order valence-electron chi connectivity index (χ0n) is 13.9. The SMILES string of the molecule is CCOC(=O)/C=c1\c2c3cccc4cccc(c=2c2ccccc12)c43. The Balaban J connectivity index is 2.12. The van der Waals surface area contributed by atoms with Crippen LogP contribution in [-0.2, 0) is 9.53 Å². The lowest BCUT2D eigenvalue weighted by atomic mass is 10.0. The molecule has 5 rings (SSSR count). The molecule has 2 nitrogen and oxygen atoms in total. The largest absolute Gasteiger partial charge is 0.463 e. The molecule has 0 saturated carbocycles. The van der Waals surface area contributed by atoms with Gasteiger partial charge in [0.1, 0.15) is 0 Å². The van der Waals surface area contributed by atoms with Crippen LogP contribution >= 0.6 is 0 Å². The van der Waals surface area contributed by atoms with E-state index in [1.807, 2.05) is 13.0 Å². The number of hydrogen-bond donors (Lipinski definition) is 0. The molecular formula is C23H16O2. The van der Waals surface area contributed by atoms with Crippen LogP contribution in [0.5, 0.6) is 0 Å². The maximum absolute atomic E-state index is 12.2.